The van der Waals surface area contributed by atoms with Gasteiger partial charge in [0.05, 0.1) is 11.0 Å². The Balaban J connectivity index is 1.42. The molecule has 1 amide bonds. The summed E-state index contributed by atoms with van der Waals surface area (Å²) < 4.78 is 1.44. The molecule has 0 radical (unpaired) electrons. The van der Waals surface area contributed by atoms with Crippen LogP contribution in [0.5, 0.6) is 0 Å². The summed E-state index contributed by atoms with van der Waals surface area (Å²) in [6, 6.07) is 14.9. The van der Waals surface area contributed by atoms with Gasteiger partial charge in [0.1, 0.15) is 0 Å². The average molecular weight is 409 g/mol. The lowest BCUT2D eigenvalue weighted by Crippen LogP contribution is -2.49. The molecule has 1 aliphatic heterocycles. The summed E-state index contributed by atoms with van der Waals surface area (Å²) in [4.78, 5) is 32.4. The molecular weight excluding hydrogens is 392 g/mol. The molecule has 2 aromatic heterocycles. The topological polar surface area (TPSA) is 86.6 Å². The van der Waals surface area contributed by atoms with Crippen molar-refractivity contribution in [2.45, 2.75) is 0 Å². The third kappa shape index (κ3) is 3.01. The smallest absolute Gasteiger partial charge is 0.277 e. The first-order valence-corrected chi connectivity index (χ1v) is 9.66. The molecule has 1 N–H and O–H groups in total. The second-order valence-corrected chi connectivity index (χ2v) is 7.36. The number of aromatic nitrogens is 4. The van der Waals surface area contributed by atoms with Crippen LogP contribution in [0, 0.1) is 0 Å². The van der Waals surface area contributed by atoms with Gasteiger partial charge in [-0.05, 0) is 36.4 Å². The molecule has 0 spiro atoms. The van der Waals surface area contributed by atoms with E-state index in [2.05, 4.69) is 20.2 Å². The molecule has 3 heterocycles. The largest absolute Gasteiger partial charge is 0.368 e. The van der Waals surface area contributed by atoms with Crippen LogP contribution in [0.4, 0.5) is 5.69 Å². The number of benzene rings is 2. The Labute approximate surface area is 170 Å². The lowest BCUT2D eigenvalue weighted by molar-refractivity contribution is 0.0742. The molecule has 2 aromatic carbocycles. The maximum absolute atomic E-state index is 13.1. The zero-order valence-electron chi connectivity index (χ0n) is 15.4. The zero-order chi connectivity index (χ0) is 20.0. The van der Waals surface area contributed by atoms with Gasteiger partial charge in [-0.15, -0.1) is 5.10 Å². The van der Waals surface area contributed by atoms with Crippen molar-refractivity contribution in [3.8, 4) is 0 Å². The third-order valence-corrected chi connectivity index (χ3v) is 5.48. The fourth-order valence-electron chi connectivity index (χ4n) is 3.71. The van der Waals surface area contributed by atoms with Crippen molar-refractivity contribution in [1.29, 1.82) is 0 Å². The maximum Gasteiger partial charge on any atom is 0.277 e. The molecule has 0 bridgehead atoms. The van der Waals surface area contributed by atoms with Gasteiger partial charge in [0.25, 0.3) is 11.5 Å². The summed E-state index contributed by atoms with van der Waals surface area (Å²) >= 11 is 5.95. The van der Waals surface area contributed by atoms with Crippen LogP contribution >= 0.6 is 11.6 Å². The molecule has 9 heteroatoms. The minimum Gasteiger partial charge on any atom is -0.368 e. The highest BCUT2D eigenvalue weighted by Crippen LogP contribution is 2.20. The number of hydrogen-bond acceptors (Lipinski definition) is 5. The van der Waals surface area contributed by atoms with Crippen molar-refractivity contribution < 1.29 is 4.79 Å². The van der Waals surface area contributed by atoms with Crippen molar-refractivity contribution >= 4 is 39.7 Å². The zero-order valence-corrected chi connectivity index (χ0v) is 16.1. The van der Waals surface area contributed by atoms with Crippen LogP contribution in [-0.2, 0) is 0 Å². The molecular formula is C20H17ClN6O2. The van der Waals surface area contributed by atoms with E-state index >= 15 is 0 Å². The summed E-state index contributed by atoms with van der Waals surface area (Å²) in [6.45, 7) is 2.44. The summed E-state index contributed by atoms with van der Waals surface area (Å²) in [5.74, 6) is -0.281. The molecule has 0 unspecified atom stereocenters. The van der Waals surface area contributed by atoms with Crippen molar-refractivity contribution in [1.82, 2.24) is 24.7 Å². The summed E-state index contributed by atoms with van der Waals surface area (Å²) in [5.41, 5.74) is 2.29. The van der Waals surface area contributed by atoms with Gasteiger partial charge < -0.3 is 14.8 Å². The van der Waals surface area contributed by atoms with Gasteiger partial charge in [0.2, 0.25) is 0 Å². The predicted octanol–water partition coefficient (Wildman–Crippen LogP) is 2.19. The highest BCUT2D eigenvalue weighted by atomic mass is 35.5. The van der Waals surface area contributed by atoms with E-state index in [0.717, 1.165) is 5.69 Å². The number of aromatic amines is 1. The van der Waals surface area contributed by atoms with Gasteiger partial charge in [-0.1, -0.05) is 28.9 Å². The minimum absolute atomic E-state index is 0.0805. The standard InChI is InChI=1S/C20H17ClN6O2/c21-13-5-7-14(8-6-13)25-9-11-26(12-10-25)20(29)17-18-19(28)22-15-3-1-2-4-16(15)27(18)24-23-17/h1-8H,9-12H2,(H,22,28). The number of nitrogens with zero attached hydrogens (tertiary/aromatic N) is 5. The molecule has 0 atom stereocenters. The van der Waals surface area contributed by atoms with Gasteiger partial charge in [-0.2, -0.15) is 0 Å². The van der Waals surface area contributed by atoms with E-state index < -0.39 is 0 Å². The monoisotopic (exact) mass is 408 g/mol. The first-order chi connectivity index (χ1) is 14.1. The molecule has 0 saturated carbocycles. The van der Waals surface area contributed by atoms with Crippen molar-refractivity contribution in [3.05, 3.63) is 69.6 Å². The summed E-state index contributed by atoms with van der Waals surface area (Å²) in [6.07, 6.45) is 0. The van der Waals surface area contributed by atoms with Crippen LogP contribution in [0.3, 0.4) is 0 Å². The number of hydrogen-bond donors (Lipinski definition) is 1. The number of para-hydroxylation sites is 2. The highest BCUT2D eigenvalue weighted by molar-refractivity contribution is 6.30. The van der Waals surface area contributed by atoms with Crippen molar-refractivity contribution in [2.75, 3.05) is 31.1 Å². The van der Waals surface area contributed by atoms with Crippen LogP contribution in [0.25, 0.3) is 16.6 Å². The molecule has 4 aromatic rings. The number of halogens is 1. The Hall–Kier alpha value is -3.39. The quantitative estimate of drug-likeness (QED) is 0.549. The van der Waals surface area contributed by atoms with Crippen LogP contribution < -0.4 is 10.5 Å². The van der Waals surface area contributed by atoms with Gasteiger partial charge in [0.15, 0.2) is 11.2 Å². The lowest BCUT2D eigenvalue weighted by Gasteiger charge is -2.35. The number of carbonyl (C=O) groups is 1. The van der Waals surface area contributed by atoms with Crippen molar-refractivity contribution in [2.24, 2.45) is 0 Å². The van der Waals surface area contributed by atoms with E-state index in [4.69, 9.17) is 11.6 Å². The molecule has 8 nitrogen and oxygen atoms in total. The Kier molecular flexibility index (Phi) is 4.21. The fraction of sp³-hybridized carbons (Fsp3) is 0.200. The second-order valence-electron chi connectivity index (χ2n) is 6.93. The first kappa shape index (κ1) is 17.7. The second kappa shape index (κ2) is 6.89. The molecule has 146 valence electrons. The fourth-order valence-corrected chi connectivity index (χ4v) is 3.84. The number of anilines is 1. The Morgan fingerprint density at radius 1 is 1.00 bits per heavy atom. The number of carbonyl (C=O) groups excluding carboxylic acids is 1. The highest BCUT2D eigenvalue weighted by Gasteiger charge is 2.27. The SMILES string of the molecule is O=C(c1nnn2c1c(=O)[nH]c1ccccc12)N1CCN(c2ccc(Cl)cc2)CC1. The molecule has 1 aliphatic rings. The Bertz CT molecular complexity index is 1270. The van der Waals surface area contributed by atoms with Crippen LogP contribution in [0.15, 0.2) is 53.3 Å². The third-order valence-electron chi connectivity index (χ3n) is 5.23. The minimum atomic E-state index is -0.378. The van der Waals surface area contributed by atoms with Crippen LogP contribution in [-0.4, -0.2) is 56.8 Å². The maximum atomic E-state index is 13.1. The van der Waals surface area contributed by atoms with E-state index in [0.29, 0.717) is 42.2 Å². The van der Waals surface area contributed by atoms with Crippen molar-refractivity contribution in [3.63, 3.8) is 0 Å². The van der Waals surface area contributed by atoms with E-state index in [-0.39, 0.29) is 22.7 Å². The summed E-state index contributed by atoms with van der Waals surface area (Å²) in [7, 11) is 0. The Morgan fingerprint density at radius 3 is 2.48 bits per heavy atom. The number of rotatable bonds is 2. The van der Waals surface area contributed by atoms with E-state index in [9.17, 15) is 9.59 Å². The Morgan fingerprint density at radius 2 is 1.72 bits per heavy atom. The molecule has 29 heavy (non-hydrogen) atoms. The first-order valence-electron chi connectivity index (χ1n) is 9.28. The van der Waals surface area contributed by atoms with Gasteiger partial charge >= 0.3 is 0 Å². The van der Waals surface area contributed by atoms with E-state index in [1.807, 2.05) is 42.5 Å². The van der Waals surface area contributed by atoms with Crippen LogP contribution in [0.2, 0.25) is 5.02 Å². The summed E-state index contributed by atoms with van der Waals surface area (Å²) in [5, 5.41) is 8.81. The van der Waals surface area contributed by atoms with Crippen LogP contribution in [0.1, 0.15) is 10.5 Å². The lowest BCUT2D eigenvalue weighted by atomic mass is 10.2. The number of piperazine rings is 1. The number of amides is 1. The number of H-pyrrole nitrogens is 1. The average Bonchev–Trinajstić information content (AvgIpc) is 3.20. The van der Waals surface area contributed by atoms with Gasteiger partial charge in [-0.3, -0.25) is 9.59 Å². The molecule has 5 rings (SSSR count). The molecule has 0 aliphatic carbocycles. The molecule has 1 fully saturated rings. The normalized spacial score (nSPS) is 14.7. The number of fused-ring (bicyclic) bond motifs is 3. The van der Waals surface area contributed by atoms with Gasteiger partial charge in [0, 0.05) is 36.9 Å². The number of nitrogens with one attached hydrogen (secondary N) is 1. The van der Waals surface area contributed by atoms with Gasteiger partial charge in [-0.25, -0.2) is 4.52 Å². The predicted molar refractivity (Wildman–Crippen MR) is 111 cm³/mol. The van der Waals surface area contributed by atoms with E-state index in [1.165, 1.54) is 4.52 Å². The molecule has 1 saturated heterocycles. The van der Waals surface area contributed by atoms with E-state index in [1.54, 1.807) is 11.0 Å².